The van der Waals surface area contributed by atoms with Crippen molar-refractivity contribution in [3.05, 3.63) is 29.3 Å². The summed E-state index contributed by atoms with van der Waals surface area (Å²) in [5.41, 5.74) is 2.15. The molecule has 0 aromatic heterocycles. The lowest BCUT2D eigenvalue weighted by Crippen LogP contribution is -2.41. The van der Waals surface area contributed by atoms with E-state index in [-0.39, 0.29) is 5.91 Å². The Morgan fingerprint density at radius 3 is 2.74 bits per heavy atom. The summed E-state index contributed by atoms with van der Waals surface area (Å²) in [4.78, 5) is 14.4. The second-order valence-corrected chi connectivity index (χ2v) is 6.21. The predicted molar refractivity (Wildman–Crippen MR) is 91.1 cm³/mol. The van der Waals surface area contributed by atoms with Crippen LogP contribution in [0.15, 0.2) is 18.2 Å². The zero-order chi connectivity index (χ0) is 16.7. The van der Waals surface area contributed by atoms with Gasteiger partial charge in [-0.05, 0) is 17.5 Å². The topological polar surface area (TPSA) is 50.8 Å². The number of amides is 1. The van der Waals surface area contributed by atoms with Gasteiger partial charge in [-0.15, -0.1) is 0 Å². The van der Waals surface area contributed by atoms with E-state index in [1.807, 2.05) is 12.1 Å². The zero-order valence-corrected chi connectivity index (χ0v) is 14.4. The molecule has 0 bridgehead atoms. The van der Waals surface area contributed by atoms with E-state index in [2.05, 4.69) is 30.1 Å². The Hall–Kier alpha value is -1.59. The van der Waals surface area contributed by atoms with Crippen LogP contribution >= 0.6 is 0 Å². The molecule has 0 radical (unpaired) electrons. The molecule has 23 heavy (non-hydrogen) atoms. The fourth-order valence-electron chi connectivity index (χ4n) is 2.68. The molecule has 1 aliphatic rings. The molecule has 1 fully saturated rings. The van der Waals surface area contributed by atoms with Crippen LogP contribution in [-0.2, 0) is 16.0 Å². The van der Waals surface area contributed by atoms with Crippen LogP contribution in [0.25, 0.3) is 0 Å². The lowest BCUT2D eigenvalue weighted by atomic mass is 9.99. The number of benzene rings is 1. The SMILES string of the molecule is COc1cc(C(C)C)ccc1CC(=O)NCCN1CCOCC1. The van der Waals surface area contributed by atoms with Gasteiger partial charge in [-0.2, -0.15) is 0 Å². The molecule has 1 aliphatic heterocycles. The Labute approximate surface area is 139 Å². The second kappa shape index (κ2) is 8.89. The van der Waals surface area contributed by atoms with Gasteiger partial charge < -0.3 is 14.8 Å². The first-order valence-corrected chi connectivity index (χ1v) is 8.33. The molecule has 1 aromatic carbocycles. The van der Waals surface area contributed by atoms with Gasteiger partial charge >= 0.3 is 0 Å². The van der Waals surface area contributed by atoms with E-state index in [0.717, 1.165) is 44.2 Å². The number of nitrogens with one attached hydrogen (secondary N) is 1. The molecule has 5 heteroatoms. The lowest BCUT2D eigenvalue weighted by Gasteiger charge is -2.26. The van der Waals surface area contributed by atoms with Crippen LogP contribution in [0.2, 0.25) is 0 Å². The summed E-state index contributed by atoms with van der Waals surface area (Å²) in [6, 6.07) is 6.10. The predicted octanol–water partition coefficient (Wildman–Crippen LogP) is 1.81. The number of carbonyl (C=O) groups excluding carboxylic acids is 1. The summed E-state index contributed by atoms with van der Waals surface area (Å²) in [6.45, 7) is 9.30. The molecule has 5 nitrogen and oxygen atoms in total. The number of hydrogen-bond donors (Lipinski definition) is 1. The number of methoxy groups -OCH3 is 1. The van der Waals surface area contributed by atoms with E-state index >= 15 is 0 Å². The monoisotopic (exact) mass is 320 g/mol. The maximum Gasteiger partial charge on any atom is 0.224 e. The first-order valence-electron chi connectivity index (χ1n) is 8.33. The average molecular weight is 320 g/mol. The summed E-state index contributed by atoms with van der Waals surface area (Å²) in [5.74, 6) is 1.27. The molecule has 1 aromatic rings. The average Bonchev–Trinajstić information content (AvgIpc) is 2.56. The highest BCUT2D eigenvalue weighted by Crippen LogP contribution is 2.25. The van der Waals surface area contributed by atoms with Crippen LogP contribution in [0.5, 0.6) is 5.75 Å². The Balaban J connectivity index is 1.82. The normalized spacial score (nSPS) is 15.7. The lowest BCUT2D eigenvalue weighted by molar-refractivity contribution is -0.120. The maximum absolute atomic E-state index is 12.1. The van der Waals surface area contributed by atoms with Crippen molar-refractivity contribution in [3.8, 4) is 5.75 Å². The van der Waals surface area contributed by atoms with Crippen molar-refractivity contribution < 1.29 is 14.3 Å². The number of rotatable bonds is 7. The third kappa shape index (κ3) is 5.52. The Bertz CT molecular complexity index is 511. The van der Waals surface area contributed by atoms with Crippen LogP contribution in [0.4, 0.5) is 0 Å². The number of ether oxygens (including phenoxy) is 2. The van der Waals surface area contributed by atoms with Crippen LogP contribution in [-0.4, -0.2) is 57.3 Å². The van der Waals surface area contributed by atoms with Crippen molar-refractivity contribution in [3.63, 3.8) is 0 Å². The molecule has 1 heterocycles. The molecule has 2 rings (SSSR count). The summed E-state index contributed by atoms with van der Waals surface area (Å²) >= 11 is 0. The van der Waals surface area contributed by atoms with Crippen LogP contribution in [0.1, 0.15) is 30.9 Å². The standard InChI is InChI=1S/C18H28N2O3/c1-14(2)15-4-5-16(17(12-15)22-3)13-18(21)19-6-7-20-8-10-23-11-9-20/h4-5,12,14H,6-11,13H2,1-3H3,(H,19,21). The van der Waals surface area contributed by atoms with Gasteiger partial charge in [0.25, 0.3) is 0 Å². The van der Waals surface area contributed by atoms with Gasteiger partial charge in [0.05, 0.1) is 26.7 Å². The molecule has 0 saturated carbocycles. The molecule has 128 valence electrons. The zero-order valence-electron chi connectivity index (χ0n) is 14.4. The highest BCUT2D eigenvalue weighted by molar-refractivity contribution is 5.79. The number of morpholine rings is 1. The highest BCUT2D eigenvalue weighted by Gasteiger charge is 2.12. The third-order valence-corrected chi connectivity index (χ3v) is 4.18. The molecule has 1 saturated heterocycles. The van der Waals surface area contributed by atoms with Crippen LogP contribution < -0.4 is 10.1 Å². The van der Waals surface area contributed by atoms with Crippen molar-refractivity contribution in [2.45, 2.75) is 26.2 Å². The Morgan fingerprint density at radius 1 is 1.35 bits per heavy atom. The minimum atomic E-state index is 0.0360. The van der Waals surface area contributed by atoms with Crippen molar-refractivity contribution >= 4 is 5.91 Å². The highest BCUT2D eigenvalue weighted by atomic mass is 16.5. The number of hydrogen-bond acceptors (Lipinski definition) is 4. The van der Waals surface area contributed by atoms with Gasteiger partial charge in [0, 0.05) is 31.7 Å². The van der Waals surface area contributed by atoms with Crippen molar-refractivity contribution in [2.75, 3.05) is 46.5 Å². The van der Waals surface area contributed by atoms with Crippen LogP contribution in [0.3, 0.4) is 0 Å². The van der Waals surface area contributed by atoms with Crippen molar-refractivity contribution in [2.24, 2.45) is 0 Å². The summed E-state index contributed by atoms with van der Waals surface area (Å²) in [6.07, 6.45) is 0.352. The quantitative estimate of drug-likeness (QED) is 0.832. The minimum Gasteiger partial charge on any atom is -0.496 e. The van der Waals surface area contributed by atoms with Gasteiger partial charge in [0.2, 0.25) is 5.91 Å². The van der Waals surface area contributed by atoms with E-state index < -0.39 is 0 Å². The smallest absolute Gasteiger partial charge is 0.224 e. The van der Waals surface area contributed by atoms with E-state index in [4.69, 9.17) is 9.47 Å². The van der Waals surface area contributed by atoms with E-state index in [9.17, 15) is 4.79 Å². The summed E-state index contributed by atoms with van der Waals surface area (Å²) in [7, 11) is 1.65. The minimum absolute atomic E-state index is 0.0360. The molecular weight excluding hydrogens is 292 g/mol. The fourth-order valence-corrected chi connectivity index (χ4v) is 2.68. The Morgan fingerprint density at radius 2 is 2.09 bits per heavy atom. The molecule has 0 unspecified atom stereocenters. The first kappa shape index (κ1) is 17.8. The maximum atomic E-state index is 12.1. The largest absolute Gasteiger partial charge is 0.496 e. The van der Waals surface area contributed by atoms with Gasteiger partial charge in [-0.3, -0.25) is 9.69 Å². The molecule has 1 amide bonds. The Kier molecular flexibility index (Phi) is 6.86. The van der Waals surface area contributed by atoms with Crippen molar-refractivity contribution in [1.82, 2.24) is 10.2 Å². The number of carbonyl (C=O) groups is 1. The van der Waals surface area contributed by atoms with Gasteiger partial charge in [0.15, 0.2) is 0 Å². The molecule has 0 atom stereocenters. The van der Waals surface area contributed by atoms with E-state index in [1.54, 1.807) is 7.11 Å². The molecular formula is C18H28N2O3. The molecule has 0 aliphatic carbocycles. The van der Waals surface area contributed by atoms with Crippen molar-refractivity contribution in [1.29, 1.82) is 0 Å². The van der Waals surface area contributed by atoms with Gasteiger partial charge in [-0.25, -0.2) is 0 Å². The second-order valence-electron chi connectivity index (χ2n) is 6.21. The van der Waals surface area contributed by atoms with Gasteiger partial charge in [0.1, 0.15) is 5.75 Å². The van der Waals surface area contributed by atoms with Crippen LogP contribution in [0, 0.1) is 0 Å². The fraction of sp³-hybridized carbons (Fsp3) is 0.611. The van der Waals surface area contributed by atoms with Gasteiger partial charge in [-0.1, -0.05) is 26.0 Å². The van der Waals surface area contributed by atoms with E-state index in [1.165, 1.54) is 5.56 Å². The van der Waals surface area contributed by atoms with E-state index in [0.29, 0.717) is 18.9 Å². The summed E-state index contributed by atoms with van der Waals surface area (Å²) < 4.78 is 10.7. The third-order valence-electron chi connectivity index (χ3n) is 4.18. The molecule has 0 spiro atoms. The number of nitrogens with zero attached hydrogens (tertiary/aromatic N) is 1. The summed E-state index contributed by atoms with van der Waals surface area (Å²) in [5, 5.41) is 2.99. The first-order chi connectivity index (χ1) is 11.1. The molecule has 1 N–H and O–H groups in total.